The zero-order chi connectivity index (χ0) is 14.0. The number of nitrogens with one attached hydrogen (secondary N) is 1. The molecule has 0 aromatic rings. The Kier molecular flexibility index (Phi) is 5.30. The Morgan fingerprint density at radius 2 is 1.83 bits per heavy atom. The van der Waals surface area contributed by atoms with E-state index in [-0.39, 0.29) is 23.6 Å². The van der Waals surface area contributed by atoms with Gasteiger partial charge >= 0.3 is 0 Å². The van der Waals surface area contributed by atoms with Gasteiger partial charge in [-0.3, -0.25) is 0 Å². The van der Waals surface area contributed by atoms with Crippen molar-refractivity contribution in [2.75, 3.05) is 0 Å². The first-order chi connectivity index (χ1) is 8.10. The number of alkyl halides is 2. The standard InChI is InChI=1S/C13H25F2NOS/c1-10(16-18(17)12(2,3)4)9-11-5-7-13(14,15)8-6-11/h10-11,16H,5-9H2,1-4H3. The van der Waals surface area contributed by atoms with E-state index in [0.29, 0.717) is 18.8 Å². The highest BCUT2D eigenvalue weighted by atomic mass is 32.2. The van der Waals surface area contributed by atoms with Gasteiger partial charge in [0.2, 0.25) is 5.92 Å². The molecule has 1 aliphatic rings. The first-order valence-corrected chi connectivity index (χ1v) is 7.81. The fourth-order valence-corrected chi connectivity index (χ4v) is 3.06. The average molecular weight is 281 g/mol. The lowest BCUT2D eigenvalue weighted by Crippen LogP contribution is -2.39. The van der Waals surface area contributed by atoms with Crippen LogP contribution in [0, 0.1) is 5.92 Å². The minimum absolute atomic E-state index is 0.00669. The molecule has 18 heavy (non-hydrogen) atoms. The second-order valence-electron chi connectivity index (χ2n) is 6.44. The molecule has 1 aliphatic carbocycles. The molecule has 108 valence electrons. The van der Waals surface area contributed by atoms with Gasteiger partial charge in [0, 0.05) is 18.9 Å². The van der Waals surface area contributed by atoms with E-state index in [1.807, 2.05) is 27.7 Å². The van der Waals surface area contributed by atoms with Crippen molar-refractivity contribution in [3.8, 4) is 0 Å². The number of hydrogen-bond donors (Lipinski definition) is 1. The topological polar surface area (TPSA) is 29.1 Å². The largest absolute Gasteiger partial charge is 0.248 e. The normalized spacial score (nSPS) is 24.8. The molecular formula is C13H25F2NOS. The molecule has 5 heteroatoms. The molecule has 0 bridgehead atoms. The summed E-state index contributed by atoms with van der Waals surface area (Å²) in [5.74, 6) is -2.12. The van der Waals surface area contributed by atoms with Crippen molar-refractivity contribution in [3.05, 3.63) is 0 Å². The van der Waals surface area contributed by atoms with E-state index in [4.69, 9.17) is 0 Å². The molecule has 0 aromatic heterocycles. The summed E-state index contributed by atoms with van der Waals surface area (Å²) in [4.78, 5) is 0. The predicted octanol–water partition coefficient (Wildman–Crippen LogP) is 3.64. The molecule has 0 heterocycles. The van der Waals surface area contributed by atoms with Crippen molar-refractivity contribution in [2.45, 2.75) is 76.5 Å². The van der Waals surface area contributed by atoms with E-state index in [0.717, 1.165) is 6.42 Å². The summed E-state index contributed by atoms with van der Waals surface area (Å²) < 4.78 is 40.7. The SMILES string of the molecule is CC(CC1CCC(F)(F)CC1)NS(=O)C(C)(C)C. The van der Waals surface area contributed by atoms with Crippen molar-refractivity contribution >= 4 is 11.0 Å². The molecule has 0 aliphatic heterocycles. The minimum Gasteiger partial charge on any atom is -0.242 e. The summed E-state index contributed by atoms with van der Waals surface area (Å²) >= 11 is 0. The van der Waals surface area contributed by atoms with E-state index < -0.39 is 16.9 Å². The summed E-state index contributed by atoms with van der Waals surface area (Å²) in [5, 5.41) is 0. The van der Waals surface area contributed by atoms with Gasteiger partial charge in [-0.2, -0.15) is 0 Å². The van der Waals surface area contributed by atoms with Crippen LogP contribution in [-0.2, 0) is 11.0 Å². The zero-order valence-electron chi connectivity index (χ0n) is 11.8. The maximum Gasteiger partial charge on any atom is 0.248 e. The van der Waals surface area contributed by atoms with Crippen LogP contribution in [0.1, 0.15) is 59.8 Å². The summed E-state index contributed by atoms with van der Waals surface area (Å²) in [6, 6.07) is 0.113. The van der Waals surface area contributed by atoms with Crippen molar-refractivity contribution < 1.29 is 13.0 Å². The van der Waals surface area contributed by atoms with E-state index >= 15 is 0 Å². The van der Waals surface area contributed by atoms with Gasteiger partial charge in [-0.1, -0.05) is 0 Å². The Morgan fingerprint density at radius 1 is 1.33 bits per heavy atom. The molecule has 0 saturated heterocycles. The van der Waals surface area contributed by atoms with Gasteiger partial charge in [0.05, 0.1) is 15.7 Å². The summed E-state index contributed by atoms with van der Waals surface area (Å²) in [5.41, 5.74) is 0. The highest BCUT2D eigenvalue weighted by Gasteiger charge is 2.35. The number of hydrogen-bond acceptors (Lipinski definition) is 1. The highest BCUT2D eigenvalue weighted by molar-refractivity contribution is 7.84. The van der Waals surface area contributed by atoms with Crippen LogP contribution in [0.25, 0.3) is 0 Å². The Morgan fingerprint density at radius 3 is 2.28 bits per heavy atom. The summed E-state index contributed by atoms with van der Waals surface area (Å²) in [6.45, 7) is 7.74. The zero-order valence-corrected chi connectivity index (χ0v) is 12.6. The molecule has 2 atom stereocenters. The van der Waals surface area contributed by atoms with Gasteiger partial charge in [0.25, 0.3) is 0 Å². The van der Waals surface area contributed by atoms with Crippen LogP contribution in [0.4, 0.5) is 8.78 Å². The maximum atomic E-state index is 13.0. The molecule has 0 spiro atoms. The third kappa shape index (κ3) is 5.31. The van der Waals surface area contributed by atoms with Crippen LogP contribution >= 0.6 is 0 Å². The van der Waals surface area contributed by atoms with Crippen LogP contribution < -0.4 is 4.72 Å². The lowest BCUT2D eigenvalue weighted by Gasteiger charge is -2.30. The maximum absolute atomic E-state index is 13.0. The Bertz CT molecular complexity index is 292. The lowest BCUT2D eigenvalue weighted by molar-refractivity contribution is -0.0470. The van der Waals surface area contributed by atoms with Crippen LogP contribution in [-0.4, -0.2) is 20.9 Å². The van der Waals surface area contributed by atoms with Gasteiger partial charge in [-0.05, 0) is 52.9 Å². The van der Waals surface area contributed by atoms with Crippen LogP contribution in [0.15, 0.2) is 0 Å². The fourth-order valence-electron chi connectivity index (χ4n) is 2.24. The summed E-state index contributed by atoms with van der Waals surface area (Å²) in [7, 11) is -1.09. The monoisotopic (exact) mass is 281 g/mol. The molecule has 1 N–H and O–H groups in total. The van der Waals surface area contributed by atoms with Gasteiger partial charge in [-0.25, -0.2) is 17.7 Å². The third-order valence-corrected chi connectivity index (χ3v) is 5.12. The molecule has 2 unspecified atom stereocenters. The van der Waals surface area contributed by atoms with Crippen LogP contribution in [0.5, 0.6) is 0 Å². The Labute approximate surface area is 112 Å². The lowest BCUT2D eigenvalue weighted by atomic mass is 9.83. The smallest absolute Gasteiger partial charge is 0.242 e. The van der Waals surface area contributed by atoms with Crippen molar-refractivity contribution in [2.24, 2.45) is 5.92 Å². The number of rotatable bonds is 4. The van der Waals surface area contributed by atoms with Crippen molar-refractivity contribution in [1.29, 1.82) is 0 Å². The second kappa shape index (κ2) is 5.95. The van der Waals surface area contributed by atoms with E-state index in [1.54, 1.807) is 0 Å². The van der Waals surface area contributed by atoms with E-state index in [1.165, 1.54) is 0 Å². The van der Waals surface area contributed by atoms with E-state index in [2.05, 4.69) is 4.72 Å². The van der Waals surface area contributed by atoms with E-state index in [9.17, 15) is 13.0 Å². The minimum atomic E-state index is -2.46. The summed E-state index contributed by atoms with van der Waals surface area (Å²) in [6.07, 6.45) is 2.01. The molecular weight excluding hydrogens is 256 g/mol. The Balaban J connectivity index is 2.33. The third-order valence-electron chi connectivity index (χ3n) is 3.39. The van der Waals surface area contributed by atoms with Gasteiger partial charge in [-0.15, -0.1) is 0 Å². The first-order valence-electron chi connectivity index (χ1n) is 6.66. The van der Waals surface area contributed by atoms with Crippen molar-refractivity contribution in [1.82, 2.24) is 4.72 Å². The van der Waals surface area contributed by atoms with Crippen molar-refractivity contribution in [3.63, 3.8) is 0 Å². The molecule has 0 radical (unpaired) electrons. The molecule has 1 rings (SSSR count). The van der Waals surface area contributed by atoms with Gasteiger partial charge in [0.1, 0.15) is 0 Å². The molecule has 0 aromatic carbocycles. The quantitative estimate of drug-likeness (QED) is 0.837. The molecule has 1 fully saturated rings. The first kappa shape index (κ1) is 16.0. The predicted molar refractivity (Wildman–Crippen MR) is 72.0 cm³/mol. The Hall–Kier alpha value is -0.0300. The van der Waals surface area contributed by atoms with Gasteiger partial charge < -0.3 is 0 Å². The average Bonchev–Trinajstić information content (AvgIpc) is 2.19. The fraction of sp³-hybridized carbons (Fsp3) is 1.00. The van der Waals surface area contributed by atoms with Crippen LogP contribution in [0.2, 0.25) is 0 Å². The number of halogens is 2. The molecule has 2 nitrogen and oxygen atoms in total. The highest BCUT2D eigenvalue weighted by Crippen LogP contribution is 2.37. The molecule has 1 saturated carbocycles. The van der Waals surface area contributed by atoms with Crippen LogP contribution in [0.3, 0.4) is 0 Å². The second-order valence-corrected chi connectivity index (χ2v) is 8.43. The molecule has 0 amide bonds. The van der Waals surface area contributed by atoms with Gasteiger partial charge in [0.15, 0.2) is 0 Å².